The van der Waals surface area contributed by atoms with Gasteiger partial charge in [-0.2, -0.15) is 0 Å². The predicted octanol–water partition coefficient (Wildman–Crippen LogP) is -1.49. The summed E-state index contributed by atoms with van der Waals surface area (Å²) in [5.74, 6) is 0. The summed E-state index contributed by atoms with van der Waals surface area (Å²) in [6.07, 6.45) is -1.43. The average molecular weight is 148 g/mol. The molecule has 2 aliphatic rings. The monoisotopic (exact) mass is 148 g/mol. The lowest BCUT2D eigenvalue weighted by Crippen LogP contribution is -2.43. The third-order valence-electron chi connectivity index (χ3n) is 2.07. The third kappa shape index (κ3) is 0.594. The van der Waals surface area contributed by atoms with Crippen LogP contribution < -0.4 is 0 Å². The molecule has 2 saturated heterocycles. The van der Waals surface area contributed by atoms with E-state index in [-0.39, 0.29) is 13.2 Å². The molecule has 4 heteroatoms. The molecule has 2 bridgehead atoms. The largest absolute Gasteiger partial charge is 0.393 e. The van der Waals surface area contributed by atoms with Crippen LogP contribution in [0.3, 0.4) is 0 Å². The SMILES string of the molecule is [3H][C@@H]1O[C@@]2(CO)CO[C@H]1C2O. The zero-order chi connectivity index (χ0) is 8.06. The maximum absolute atomic E-state index is 9.42. The molecule has 2 heterocycles. The van der Waals surface area contributed by atoms with E-state index in [0.717, 1.165) is 0 Å². The predicted molar refractivity (Wildman–Crippen MR) is 31.5 cm³/mol. The molecule has 2 rings (SSSR count). The first kappa shape index (κ1) is 5.49. The topological polar surface area (TPSA) is 58.9 Å². The Bertz CT molecular complexity index is 176. The van der Waals surface area contributed by atoms with Gasteiger partial charge in [0.25, 0.3) is 0 Å². The highest BCUT2D eigenvalue weighted by Gasteiger charge is 2.55. The van der Waals surface area contributed by atoms with Gasteiger partial charge in [-0.1, -0.05) is 0 Å². The minimum Gasteiger partial charge on any atom is -0.393 e. The van der Waals surface area contributed by atoms with Crippen LogP contribution >= 0.6 is 0 Å². The molecule has 0 saturated carbocycles. The second-order valence-electron chi connectivity index (χ2n) is 2.70. The summed E-state index contributed by atoms with van der Waals surface area (Å²) in [6.45, 7) is -0.962. The minimum absolute atomic E-state index is 0.185. The fourth-order valence-corrected chi connectivity index (χ4v) is 1.31. The van der Waals surface area contributed by atoms with Crippen molar-refractivity contribution in [2.24, 2.45) is 0 Å². The lowest BCUT2D eigenvalue weighted by Gasteiger charge is -2.23. The van der Waals surface area contributed by atoms with E-state index in [1.165, 1.54) is 0 Å². The molecular weight excluding hydrogens is 136 g/mol. The van der Waals surface area contributed by atoms with Crippen molar-refractivity contribution in [1.82, 2.24) is 0 Å². The van der Waals surface area contributed by atoms with Crippen molar-refractivity contribution in [2.45, 2.75) is 17.8 Å². The van der Waals surface area contributed by atoms with Crippen molar-refractivity contribution in [3.05, 3.63) is 0 Å². The van der Waals surface area contributed by atoms with Crippen LogP contribution in [0.1, 0.15) is 1.37 Å². The van der Waals surface area contributed by atoms with Gasteiger partial charge in [-0.05, 0) is 0 Å². The molecule has 1 unspecified atom stereocenters. The van der Waals surface area contributed by atoms with Gasteiger partial charge >= 0.3 is 0 Å². The first-order valence-corrected chi connectivity index (χ1v) is 3.20. The van der Waals surface area contributed by atoms with Gasteiger partial charge in [-0.3, -0.25) is 0 Å². The van der Waals surface area contributed by atoms with Gasteiger partial charge in [0, 0.05) is 0 Å². The molecule has 10 heavy (non-hydrogen) atoms. The number of aliphatic hydroxyl groups excluding tert-OH is 2. The highest BCUT2D eigenvalue weighted by Crippen LogP contribution is 2.34. The molecule has 2 N–H and O–H groups in total. The van der Waals surface area contributed by atoms with E-state index >= 15 is 0 Å². The molecule has 2 fully saturated rings. The summed E-state index contributed by atoms with van der Waals surface area (Å²) >= 11 is 0. The van der Waals surface area contributed by atoms with Crippen LogP contribution in [0.4, 0.5) is 0 Å². The summed E-state index contributed by atoms with van der Waals surface area (Å²) in [5, 5.41) is 18.3. The fraction of sp³-hybridized carbons (Fsp3) is 1.00. The summed E-state index contributed by atoms with van der Waals surface area (Å²) in [7, 11) is 0. The molecular formula is C6H10O4. The summed E-state index contributed by atoms with van der Waals surface area (Å²) in [6, 6.07) is 0. The quantitative estimate of drug-likeness (QED) is 0.475. The Labute approximate surface area is 59.8 Å². The van der Waals surface area contributed by atoms with Crippen molar-refractivity contribution >= 4 is 0 Å². The Balaban J connectivity index is 2.24. The van der Waals surface area contributed by atoms with Gasteiger partial charge in [-0.15, -0.1) is 0 Å². The van der Waals surface area contributed by atoms with E-state index in [2.05, 4.69) is 0 Å². The maximum Gasteiger partial charge on any atom is 0.143 e. The molecule has 0 aromatic rings. The molecule has 0 radical (unpaired) electrons. The number of hydrogen-bond acceptors (Lipinski definition) is 4. The molecule has 0 aromatic heterocycles. The Morgan fingerprint density at radius 3 is 2.90 bits per heavy atom. The standard InChI is InChI=1S/C6H10O4/c7-2-6-3-9-4(1-10-6)5(6)8/h4-5,7-8H,1-3H2/t4-,5?,6+/m1/s1/i1T/t1-,4+,5?,6-/m0. The molecule has 0 spiro atoms. The van der Waals surface area contributed by atoms with Crippen molar-refractivity contribution in [2.75, 3.05) is 19.8 Å². The third-order valence-corrected chi connectivity index (χ3v) is 2.07. The second-order valence-corrected chi connectivity index (χ2v) is 2.70. The van der Waals surface area contributed by atoms with Crippen molar-refractivity contribution in [1.29, 1.82) is 0 Å². The van der Waals surface area contributed by atoms with E-state index in [4.69, 9.17) is 16.0 Å². The lowest BCUT2D eigenvalue weighted by molar-refractivity contribution is -0.122. The van der Waals surface area contributed by atoms with Crippen molar-refractivity contribution in [3.63, 3.8) is 0 Å². The van der Waals surface area contributed by atoms with Crippen LogP contribution in [0.2, 0.25) is 0 Å². The van der Waals surface area contributed by atoms with Gasteiger partial charge in [-0.25, -0.2) is 0 Å². The summed E-state index contributed by atoms with van der Waals surface area (Å²) in [4.78, 5) is 0. The number of ether oxygens (including phenoxy) is 2. The lowest BCUT2D eigenvalue weighted by atomic mass is 10.0. The molecule has 0 amide bonds. The van der Waals surface area contributed by atoms with Crippen LogP contribution in [0.15, 0.2) is 0 Å². The molecule has 0 aliphatic carbocycles. The van der Waals surface area contributed by atoms with Gasteiger partial charge < -0.3 is 19.7 Å². The van der Waals surface area contributed by atoms with Crippen LogP contribution in [-0.4, -0.2) is 47.8 Å². The highest BCUT2D eigenvalue weighted by atomic mass is 16.6. The Hall–Kier alpha value is -0.160. The first-order chi connectivity index (χ1) is 5.19. The highest BCUT2D eigenvalue weighted by molar-refractivity contribution is 5.03. The summed E-state index contributed by atoms with van der Waals surface area (Å²) < 4.78 is 17.4. The van der Waals surface area contributed by atoms with Gasteiger partial charge in [0.2, 0.25) is 0 Å². The van der Waals surface area contributed by atoms with E-state index in [9.17, 15) is 5.11 Å². The molecule has 0 aromatic carbocycles. The van der Waals surface area contributed by atoms with Crippen molar-refractivity contribution < 1.29 is 21.1 Å². The fourth-order valence-electron chi connectivity index (χ4n) is 1.31. The Kier molecular flexibility index (Phi) is 1.05. The zero-order valence-corrected chi connectivity index (χ0v) is 5.36. The van der Waals surface area contributed by atoms with E-state index in [1.807, 2.05) is 0 Å². The van der Waals surface area contributed by atoms with Crippen LogP contribution in [0.25, 0.3) is 0 Å². The van der Waals surface area contributed by atoms with E-state index in [1.54, 1.807) is 0 Å². The number of aliphatic hydroxyl groups is 2. The number of rotatable bonds is 1. The Morgan fingerprint density at radius 2 is 2.60 bits per heavy atom. The Morgan fingerprint density at radius 1 is 1.80 bits per heavy atom. The summed E-state index contributed by atoms with van der Waals surface area (Å²) in [5.41, 5.74) is -1.02. The van der Waals surface area contributed by atoms with E-state index < -0.39 is 24.4 Å². The van der Waals surface area contributed by atoms with Crippen LogP contribution in [0.5, 0.6) is 0 Å². The normalized spacial score (nSPS) is 61.0. The van der Waals surface area contributed by atoms with Gasteiger partial charge in [0.05, 0.1) is 21.2 Å². The van der Waals surface area contributed by atoms with Gasteiger partial charge in [0.15, 0.2) is 0 Å². The van der Waals surface area contributed by atoms with E-state index in [0.29, 0.717) is 0 Å². The van der Waals surface area contributed by atoms with Crippen molar-refractivity contribution in [3.8, 4) is 0 Å². The van der Waals surface area contributed by atoms with Crippen LogP contribution in [-0.2, 0) is 9.47 Å². The second kappa shape index (κ2) is 1.92. The molecule has 2 aliphatic heterocycles. The smallest absolute Gasteiger partial charge is 0.143 e. The number of fused-ring (bicyclic) bond motifs is 2. The molecule has 4 atom stereocenters. The average Bonchev–Trinajstić information content (AvgIpc) is 2.42. The number of hydrogen-bond donors (Lipinski definition) is 2. The molecule has 58 valence electrons. The van der Waals surface area contributed by atoms with Gasteiger partial charge in [0.1, 0.15) is 17.8 Å². The minimum atomic E-state index is -1.02. The first-order valence-electron chi connectivity index (χ1n) is 3.78. The zero-order valence-electron chi connectivity index (χ0n) is 6.36. The van der Waals surface area contributed by atoms with Crippen LogP contribution in [0, 0.1) is 0 Å². The molecule has 4 nitrogen and oxygen atoms in total. The maximum atomic E-state index is 9.42.